The molecule has 4 nitrogen and oxygen atoms in total. The summed E-state index contributed by atoms with van der Waals surface area (Å²) >= 11 is 3.61. The largest absolute Gasteiger partial charge is 0.423 e. The average molecular weight is 509 g/mol. The van der Waals surface area contributed by atoms with Gasteiger partial charge in [0.05, 0.1) is 5.56 Å². The van der Waals surface area contributed by atoms with E-state index in [1.807, 2.05) is 42.7 Å². The second-order valence-corrected chi connectivity index (χ2v) is 9.26. The fourth-order valence-corrected chi connectivity index (χ4v) is 4.25. The number of unbranched alkanes of at least 4 members (excludes halogenated alkanes) is 5. The summed E-state index contributed by atoms with van der Waals surface area (Å²) in [5.74, 6) is 0.805. The van der Waals surface area contributed by atoms with E-state index in [1.165, 1.54) is 37.7 Å². The Balaban J connectivity index is 1.57. The zero-order valence-corrected chi connectivity index (χ0v) is 21.2. The number of aryl methyl sites for hydroxylation is 2. The number of carbonyl (C=O) groups excluding carboxylic acids is 1. The van der Waals surface area contributed by atoms with Gasteiger partial charge in [0.2, 0.25) is 0 Å². The van der Waals surface area contributed by atoms with Gasteiger partial charge in [-0.2, -0.15) is 0 Å². The summed E-state index contributed by atoms with van der Waals surface area (Å²) in [5, 5.41) is 0. The summed E-state index contributed by atoms with van der Waals surface area (Å²) < 4.78 is 6.53. The van der Waals surface area contributed by atoms with Crippen LogP contribution >= 0.6 is 15.9 Å². The molecule has 33 heavy (non-hydrogen) atoms. The molecule has 0 N–H and O–H groups in total. The van der Waals surface area contributed by atoms with Gasteiger partial charge in [0.15, 0.2) is 5.82 Å². The smallest absolute Gasteiger partial charge is 0.343 e. The van der Waals surface area contributed by atoms with Crippen LogP contribution in [0.25, 0.3) is 11.4 Å². The van der Waals surface area contributed by atoms with Gasteiger partial charge in [-0.1, -0.05) is 67.9 Å². The summed E-state index contributed by atoms with van der Waals surface area (Å²) in [6.45, 7) is 4.41. The van der Waals surface area contributed by atoms with Crippen LogP contribution in [0, 0.1) is 0 Å². The minimum atomic E-state index is -0.367. The second-order valence-electron chi connectivity index (χ2n) is 8.40. The van der Waals surface area contributed by atoms with E-state index in [9.17, 15) is 4.79 Å². The molecule has 0 atom stereocenters. The molecule has 2 aromatic carbocycles. The number of hydrogen-bond acceptors (Lipinski definition) is 4. The van der Waals surface area contributed by atoms with Crippen LogP contribution < -0.4 is 4.74 Å². The number of ether oxygens (including phenoxy) is 1. The van der Waals surface area contributed by atoms with Gasteiger partial charge < -0.3 is 4.74 Å². The van der Waals surface area contributed by atoms with Gasteiger partial charge in [-0.3, -0.25) is 0 Å². The minimum Gasteiger partial charge on any atom is -0.423 e. The van der Waals surface area contributed by atoms with E-state index in [0.29, 0.717) is 17.1 Å². The maximum absolute atomic E-state index is 12.6. The molecule has 3 rings (SSSR count). The fourth-order valence-electron chi connectivity index (χ4n) is 3.67. The molecule has 0 saturated heterocycles. The number of hydrogen-bond donors (Lipinski definition) is 0. The van der Waals surface area contributed by atoms with Crippen LogP contribution in [0.1, 0.15) is 80.3 Å². The standard InChI is InChI=1S/C28H33BrN2O2/c1-3-5-7-9-11-22-12-13-24(18-26(22)29)28(32)33-25-16-14-23(15-17-25)27-30-19-21(20-31-27)10-8-6-4-2/h12-20H,3-11H2,1-2H3. The topological polar surface area (TPSA) is 52.1 Å². The molecule has 0 bridgehead atoms. The summed E-state index contributed by atoms with van der Waals surface area (Å²) in [7, 11) is 0. The molecule has 1 heterocycles. The normalized spacial score (nSPS) is 10.9. The Bertz CT molecular complexity index is 1020. The molecule has 1 aromatic heterocycles. The zero-order valence-electron chi connectivity index (χ0n) is 19.6. The summed E-state index contributed by atoms with van der Waals surface area (Å²) in [4.78, 5) is 21.6. The third-order valence-electron chi connectivity index (χ3n) is 5.69. The summed E-state index contributed by atoms with van der Waals surface area (Å²) in [6.07, 6.45) is 14.3. The van der Waals surface area contributed by atoms with Crippen molar-refractivity contribution in [3.05, 3.63) is 76.0 Å². The lowest BCUT2D eigenvalue weighted by atomic mass is 10.0. The Kier molecular flexibility index (Phi) is 10.1. The van der Waals surface area contributed by atoms with Crippen molar-refractivity contribution in [3.63, 3.8) is 0 Å². The van der Waals surface area contributed by atoms with E-state index in [4.69, 9.17) is 4.74 Å². The quantitative estimate of drug-likeness (QED) is 0.141. The Hall–Kier alpha value is -2.53. The van der Waals surface area contributed by atoms with Gasteiger partial charge in [0, 0.05) is 22.4 Å². The Morgan fingerprint density at radius 1 is 0.848 bits per heavy atom. The maximum Gasteiger partial charge on any atom is 0.343 e. The van der Waals surface area contributed by atoms with Gasteiger partial charge in [0.25, 0.3) is 0 Å². The van der Waals surface area contributed by atoms with Gasteiger partial charge >= 0.3 is 5.97 Å². The number of nitrogens with zero attached hydrogens (tertiary/aromatic N) is 2. The zero-order chi connectivity index (χ0) is 23.5. The van der Waals surface area contributed by atoms with E-state index >= 15 is 0 Å². The highest BCUT2D eigenvalue weighted by molar-refractivity contribution is 9.10. The Morgan fingerprint density at radius 3 is 2.18 bits per heavy atom. The minimum absolute atomic E-state index is 0.367. The van der Waals surface area contributed by atoms with Gasteiger partial charge in [-0.25, -0.2) is 14.8 Å². The highest BCUT2D eigenvalue weighted by atomic mass is 79.9. The van der Waals surface area contributed by atoms with Crippen LogP contribution in [0.2, 0.25) is 0 Å². The molecule has 0 aliphatic heterocycles. The second kappa shape index (κ2) is 13.2. The van der Waals surface area contributed by atoms with E-state index in [2.05, 4.69) is 39.7 Å². The van der Waals surface area contributed by atoms with E-state index < -0.39 is 0 Å². The molecule has 0 saturated carbocycles. The molecule has 0 aliphatic carbocycles. The predicted molar refractivity (Wildman–Crippen MR) is 138 cm³/mol. The number of benzene rings is 2. The SMILES string of the molecule is CCCCCCc1ccc(C(=O)Oc2ccc(-c3ncc(CCCCC)cn3)cc2)cc1Br. The predicted octanol–water partition coefficient (Wildman–Crippen LogP) is 7.98. The van der Waals surface area contributed by atoms with Crippen molar-refractivity contribution in [2.45, 2.75) is 71.6 Å². The first-order valence-electron chi connectivity index (χ1n) is 12.0. The van der Waals surface area contributed by atoms with E-state index in [0.717, 1.165) is 41.3 Å². The summed E-state index contributed by atoms with van der Waals surface area (Å²) in [6, 6.07) is 13.0. The molecule has 0 aliphatic rings. The van der Waals surface area contributed by atoms with Crippen LogP contribution in [-0.2, 0) is 12.8 Å². The van der Waals surface area contributed by atoms with Crippen molar-refractivity contribution in [2.24, 2.45) is 0 Å². The number of halogens is 1. The highest BCUT2D eigenvalue weighted by Gasteiger charge is 2.12. The Morgan fingerprint density at radius 2 is 1.52 bits per heavy atom. The molecule has 0 unspecified atom stereocenters. The van der Waals surface area contributed by atoms with Crippen molar-refractivity contribution in [1.29, 1.82) is 0 Å². The number of rotatable bonds is 12. The third kappa shape index (κ3) is 7.78. The van der Waals surface area contributed by atoms with Crippen LogP contribution in [-0.4, -0.2) is 15.9 Å². The monoisotopic (exact) mass is 508 g/mol. The lowest BCUT2D eigenvalue weighted by Gasteiger charge is -2.09. The fraction of sp³-hybridized carbons (Fsp3) is 0.393. The molecule has 5 heteroatoms. The van der Waals surface area contributed by atoms with Crippen molar-refractivity contribution in [3.8, 4) is 17.1 Å². The van der Waals surface area contributed by atoms with Crippen molar-refractivity contribution >= 4 is 21.9 Å². The van der Waals surface area contributed by atoms with Crippen molar-refractivity contribution in [2.75, 3.05) is 0 Å². The molecule has 0 amide bonds. The summed E-state index contributed by atoms with van der Waals surface area (Å²) in [5.41, 5.74) is 3.81. The van der Waals surface area contributed by atoms with Crippen LogP contribution in [0.15, 0.2) is 59.3 Å². The molecule has 3 aromatic rings. The van der Waals surface area contributed by atoms with Gasteiger partial charge in [-0.15, -0.1) is 0 Å². The maximum atomic E-state index is 12.6. The van der Waals surface area contributed by atoms with Crippen LogP contribution in [0.3, 0.4) is 0 Å². The van der Waals surface area contributed by atoms with Gasteiger partial charge in [-0.05, 0) is 73.2 Å². The molecular weight excluding hydrogens is 476 g/mol. The molecule has 0 radical (unpaired) electrons. The van der Waals surface area contributed by atoms with Crippen LogP contribution in [0.4, 0.5) is 0 Å². The third-order valence-corrected chi connectivity index (χ3v) is 6.42. The lowest BCUT2D eigenvalue weighted by molar-refractivity contribution is 0.0734. The highest BCUT2D eigenvalue weighted by Crippen LogP contribution is 2.24. The van der Waals surface area contributed by atoms with Crippen molar-refractivity contribution in [1.82, 2.24) is 9.97 Å². The number of aromatic nitrogens is 2. The van der Waals surface area contributed by atoms with E-state index in [-0.39, 0.29) is 5.97 Å². The number of carbonyl (C=O) groups is 1. The average Bonchev–Trinajstić information content (AvgIpc) is 2.84. The van der Waals surface area contributed by atoms with Crippen molar-refractivity contribution < 1.29 is 9.53 Å². The number of esters is 1. The first-order chi connectivity index (χ1) is 16.1. The van der Waals surface area contributed by atoms with E-state index in [1.54, 1.807) is 12.1 Å². The molecule has 0 spiro atoms. The molecular formula is C28H33BrN2O2. The first kappa shape index (κ1) is 25.1. The lowest BCUT2D eigenvalue weighted by Crippen LogP contribution is -2.08. The molecule has 174 valence electrons. The first-order valence-corrected chi connectivity index (χ1v) is 12.8. The van der Waals surface area contributed by atoms with Gasteiger partial charge in [0.1, 0.15) is 5.75 Å². The Labute approximate surface area is 206 Å². The van der Waals surface area contributed by atoms with Crippen LogP contribution in [0.5, 0.6) is 5.75 Å². The molecule has 0 fully saturated rings.